The zero-order valence-corrected chi connectivity index (χ0v) is 19.7. The van der Waals surface area contributed by atoms with Crippen LogP contribution in [0.3, 0.4) is 0 Å². The molecule has 0 fully saturated rings. The van der Waals surface area contributed by atoms with Crippen LogP contribution in [0, 0.1) is 0 Å². The number of carbonyl (C=O) groups is 2. The van der Waals surface area contributed by atoms with E-state index in [9.17, 15) is 9.59 Å². The van der Waals surface area contributed by atoms with Gasteiger partial charge in [-0.3, -0.25) is 9.59 Å². The normalized spacial score (nSPS) is 11.1. The van der Waals surface area contributed by atoms with Gasteiger partial charge in [-0.05, 0) is 0 Å². The van der Waals surface area contributed by atoms with Gasteiger partial charge in [-0.2, -0.15) is 0 Å². The van der Waals surface area contributed by atoms with Crippen LogP contribution in [0.25, 0.3) is 0 Å². The smallest absolute Gasteiger partial charge is 0.305 e. The predicted octanol–water partition coefficient (Wildman–Crippen LogP) is 0.157. The minimum Gasteiger partial charge on any atom is -0.481 e. The largest absolute Gasteiger partial charge is 0.481 e. The third-order valence-electron chi connectivity index (χ3n) is 3.60. The van der Waals surface area contributed by atoms with Gasteiger partial charge in [0, 0.05) is 6.92 Å². The van der Waals surface area contributed by atoms with Gasteiger partial charge < -0.3 is 47.7 Å². The third kappa shape index (κ3) is 30.6. The first-order chi connectivity index (χ1) is 16.1. The van der Waals surface area contributed by atoms with Gasteiger partial charge in [-0.25, -0.2) is 0 Å². The van der Waals surface area contributed by atoms with E-state index < -0.39 is 5.97 Å². The first-order valence-corrected chi connectivity index (χ1v) is 11.1. The summed E-state index contributed by atoms with van der Waals surface area (Å²) in [5, 5.41) is 8.45. The van der Waals surface area contributed by atoms with Crippen LogP contribution in [-0.2, 0) is 52.2 Å². The van der Waals surface area contributed by atoms with Crippen LogP contribution < -0.4 is 0 Å². The zero-order valence-electron chi connectivity index (χ0n) is 19.7. The molecule has 0 spiro atoms. The number of ether oxygens (including phenoxy) is 9. The first-order valence-electron chi connectivity index (χ1n) is 11.1. The van der Waals surface area contributed by atoms with E-state index >= 15 is 0 Å². The summed E-state index contributed by atoms with van der Waals surface area (Å²) < 4.78 is 47.2. The molecule has 0 aliphatic carbocycles. The molecule has 0 bridgehead atoms. The van der Waals surface area contributed by atoms with Gasteiger partial charge in [0.25, 0.3) is 0 Å². The number of rotatable bonds is 27. The summed E-state index contributed by atoms with van der Waals surface area (Å²) in [5.41, 5.74) is 0. The van der Waals surface area contributed by atoms with Gasteiger partial charge in [-0.15, -0.1) is 0 Å². The molecule has 196 valence electrons. The van der Waals surface area contributed by atoms with Crippen molar-refractivity contribution in [1.82, 2.24) is 0 Å². The van der Waals surface area contributed by atoms with E-state index in [4.69, 9.17) is 47.7 Å². The van der Waals surface area contributed by atoms with E-state index in [0.717, 1.165) is 0 Å². The van der Waals surface area contributed by atoms with Crippen LogP contribution >= 0.6 is 0 Å². The molecule has 0 amide bonds. The molecule has 0 saturated heterocycles. The maximum Gasteiger partial charge on any atom is 0.305 e. The van der Waals surface area contributed by atoms with E-state index in [-0.39, 0.29) is 25.6 Å². The van der Waals surface area contributed by atoms with E-state index in [1.165, 1.54) is 6.92 Å². The lowest BCUT2D eigenvalue weighted by Crippen LogP contribution is -2.15. The maximum atomic E-state index is 10.5. The van der Waals surface area contributed by atoms with Crippen molar-refractivity contribution in [2.75, 3.05) is 112 Å². The Morgan fingerprint density at radius 1 is 0.455 bits per heavy atom. The number of aliphatic carboxylic acids is 1. The van der Waals surface area contributed by atoms with Crippen LogP contribution in [0.2, 0.25) is 0 Å². The molecule has 0 atom stereocenters. The molecule has 0 aromatic carbocycles. The summed E-state index contributed by atoms with van der Waals surface area (Å²) >= 11 is 0. The van der Waals surface area contributed by atoms with Crippen molar-refractivity contribution in [2.45, 2.75) is 13.3 Å². The summed E-state index contributed by atoms with van der Waals surface area (Å²) in [6, 6.07) is 0. The molecule has 0 aromatic heterocycles. The van der Waals surface area contributed by atoms with Gasteiger partial charge in [0.15, 0.2) is 0 Å². The Balaban J connectivity index is 3.02. The summed E-state index contributed by atoms with van der Waals surface area (Å²) in [4.78, 5) is 20.8. The summed E-state index contributed by atoms with van der Waals surface area (Å²) in [6.45, 7) is 8.56. The van der Waals surface area contributed by atoms with E-state index in [1.54, 1.807) is 0 Å². The number of carboxylic acids is 1. The van der Waals surface area contributed by atoms with Gasteiger partial charge >= 0.3 is 11.9 Å². The van der Waals surface area contributed by atoms with Gasteiger partial charge in [0.05, 0.1) is 112 Å². The molecule has 0 heterocycles. The molecule has 0 rings (SSSR count). The number of hydrogen-bond donors (Lipinski definition) is 1. The SMILES string of the molecule is CC(=O)OCCOCCOCCOCCOCCOCCOCCOCCOCCC(=O)O. The standard InChI is InChI=1S/C21H40O12/c1-20(22)33-19-18-32-17-16-31-15-14-30-13-12-29-11-10-28-9-8-27-7-6-26-5-4-25-3-2-21(23)24/h2-19H2,1H3,(H,23,24). The summed E-state index contributed by atoms with van der Waals surface area (Å²) in [6.07, 6.45) is -0.00230. The number of carboxylic acid groups (broad SMARTS) is 1. The quantitative estimate of drug-likeness (QED) is 0.126. The van der Waals surface area contributed by atoms with E-state index in [0.29, 0.717) is 99.1 Å². The molecule has 0 aliphatic heterocycles. The average Bonchev–Trinajstić information content (AvgIpc) is 2.78. The molecule has 0 aliphatic rings. The minimum absolute atomic E-state index is 0.00230. The Morgan fingerprint density at radius 2 is 0.697 bits per heavy atom. The molecule has 33 heavy (non-hydrogen) atoms. The molecule has 0 unspecified atom stereocenters. The predicted molar refractivity (Wildman–Crippen MR) is 115 cm³/mol. The molecule has 1 N–H and O–H groups in total. The highest BCUT2D eigenvalue weighted by Crippen LogP contribution is 1.87. The number of carbonyl (C=O) groups excluding carboxylic acids is 1. The Morgan fingerprint density at radius 3 is 0.939 bits per heavy atom. The maximum absolute atomic E-state index is 10.5. The van der Waals surface area contributed by atoms with Crippen molar-refractivity contribution in [1.29, 1.82) is 0 Å². The van der Waals surface area contributed by atoms with Crippen LogP contribution in [0.15, 0.2) is 0 Å². The molecule has 0 saturated carbocycles. The Kier molecular flexibility index (Phi) is 25.7. The molecular weight excluding hydrogens is 444 g/mol. The Hall–Kier alpha value is -1.38. The van der Waals surface area contributed by atoms with Crippen LogP contribution in [0.4, 0.5) is 0 Å². The topological polar surface area (TPSA) is 137 Å². The van der Waals surface area contributed by atoms with Crippen molar-refractivity contribution in [3.63, 3.8) is 0 Å². The number of esters is 1. The van der Waals surface area contributed by atoms with Crippen LogP contribution in [-0.4, -0.2) is 129 Å². The average molecular weight is 485 g/mol. The molecule has 0 aromatic rings. The Bertz CT molecular complexity index is 397. The lowest BCUT2D eigenvalue weighted by molar-refractivity contribution is -0.142. The van der Waals surface area contributed by atoms with Crippen LogP contribution in [0.1, 0.15) is 13.3 Å². The van der Waals surface area contributed by atoms with Gasteiger partial charge in [0.1, 0.15) is 6.61 Å². The molecular formula is C21H40O12. The van der Waals surface area contributed by atoms with Crippen molar-refractivity contribution in [3.05, 3.63) is 0 Å². The van der Waals surface area contributed by atoms with Crippen molar-refractivity contribution >= 4 is 11.9 Å². The van der Waals surface area contributed by atoms with Crippen molar-refractivity contribution < 1.29 is 57.3 Å². The highest BCUT2D eigenvalue weighted by atomic mass is 16.6. The van der Waals surface area contributed by atoms with Gasteiger partial charge in [0.2, 0.25) is 0 Å². The minimum atomic E-state index is -0.876. The fourth-order valence-corrected chi connectivity index (χ4v) is 2.05. The Labute approximate surface area is 195 Å². The number of hydrogen-bond acceptors (Lipinski definition) is 11. The summed E-state index contributed by atoms with van der Waals surface area (Å²) in [7, 11) is 0. The zero-order chi connectivity index (χ0) is 24.2. The van der Waals surface area contributed by atoms with Crippen molar-refractivity contribution in [3.8, 4) is 0 Å². The fourth-order valence-electron chi connectivity index (χ4n) is 2.05. The second-order valence-corrected chi connectivity index (χ2v) is 6.38. The fraction of sp³-hybridized carbons (Fsp3) is 0.905. The highest BCUT2D eigenvalue weighted by Gasteiger charge is 1.97. The highest BCUT2D eigenvalue weighted by molar-refractivity contribution is 5.66. The van der Waals surface area contributed by atoms with E-state index in [1.807, 2.05) is 0 Å². The first kappa shape index (κ1) is 31.6. The van der Waals surface area contributed by atoms with Crippen molar-refractivity contribution in [2.24, 2.45) is 0 Å². The second-order valence-electron chi connectivity index (χ2n) is 6.38. The monoisotopic (exact) mass is 484 g/mol. The lowest BCUT2D eigenvalue weighted by Gasteiger charge is -2.08. The lowest BCUT2D eigenvalue weighted by atomic mass is 10.5. The summed E-state index contributed by atoms with van der Waals surface area (Å²) in [5.74, 6) is -1.19. The second kappa shape index (κ2) is 26.9. The van der Waals surface area contributed by atoms with Crippen LogP contribution in [0.5, 0.6) is 0 Å². The van der Waals surface area contributed by atoms with E-state index in [2.05, 4.69) is 0 Å². The molecule has 12 heteroatoms. The molecule has 0 radical (unpaired) electrons. The molecule has 12 nitrogen and oxygen atoms in total. The van der Waals surface area contributed by atoms with Gasteiger partial charge in [-0.1, -0.05) is 0 Å². The third-order valence-corrected chi connectivity index (χ3v) is 3.60.